The zero-order valence-corrected chi connectivity index (χ0v) is 25.0. The quantitative estimate of drug-likeness (QED) is 0.343. The number of hydrogen-bond acceptors (Lipinski definition) is 7. The number of fused-ring (bicyclic) bond motifs is 1. The van der Waals surface area contributed by atoms with E-state index in [0.29, 0.717) is 29.5 Å². The number of allylic oxidation sites excluding steroid dienone is 2. The minimum atomic E-state index is -1.25. The summed E-state index contributed by atoms with van der Waals surface area (Å²) in [5.41, 5.74) is -0.0133. The highest BCUT2D eigenvalue weighted by atomic mass is 35.5. The number of amides is 1. The fourth-order valence-electron chi connectivity index (χ4n) is 5.38. The highest BCUT2D eigenvalue weighted by Crippen LogP contribution is 2.45. The van der Waals surface area contributed by atoms with Crippen LogP contribution in [0.25, 0.3) is 6.08 Å². The Hall–Kier alpha value is -2.00. The van der Waals surface area contributed by atoms with Crippen molar-refractivity contribution in [1.82, 2.24) is 10.3 Å². The monoisotopic (exact) mass is 564 g/mol. The molecule has 2 fully saturated rings. The largest absolute Gasteiger partial charge is 0.449 e. The molecule has 39 heavy (non-hydrogen) atoms. The van der Waals surface area contributed by atoms with Crippen LogP contribution in [0.4, 0.5) is 0 Å². The van der Waals surface area contributed by atoms with Crippen LogP contribution in [0.15, 0.2) is 27.4 Å². The average Bonchev–Trinajstić information content (AvgIpc) is 3.29. The standard InChI is InChI=1S/C30H45ClN2O6/c1-17(2)10-11-21-27(36)18(3)9-8-12-30(7)25(39-30)14-23(22(31)13-20-16-38-19(4)32-20)33-26(35)15-24(34)29(5,6)28(21)37/h10,13,16,18,21,23-25,27,34,36H,8-9,11-12,14-15H2,1-7H3,(H,33,35). The second-order valence-electron chi connectivity index (χ2n) is 12.4. The van der Waals surface area contributed by atoms with Crippen LogP contribution >= 0.6 is 11.6 Å². The first-order valence-corrected chi connectivity index (χ1v) is 14.3. The summed E-state index contributed by atoms with van der Waals surface area (Å²) >= 11 is 6.69. The van der Waals surface area contributed by atoms with Crippen LogP contribution in [0.2, 0.25) is 0 Å². The fraction of sp³-hybridized carbons (Fsp3) is 0.700. The SMILES string of the molecule is CC(C)=CCC1C(=O)C(C)(C)C(O)CC(=O)NC(C(Cl)=Cc2coc(C)n2)CC2OC2(C)CCCC(C)C1O. The van der Waals surface area contributed by atoms with E-state index in [-0.39, 0.29) is 29.8 Å². The number of carbonyl (C=O) groups excluding carboxylic acids is 2. The van der Waals surface area contributed by atoms with Gasteiger partial charge in [-0.1, -0.05) is 50.4 Å². The van der Waals surface area contributed by atoms with Crippen molar-refractivity contribution in [2.75, 3.05) is 0 Å². The Kier molecular flexibility index (Phi) is 10.2. The van der Waals surface area contributed by atoms with Gasteiger partial charge in [-0.15, -0.1) is 0 Å². The van der Waals surface area contributed by atoms with Crippen molar-refractivity contribution in [3.8, 4) is 0 Å². The van der Waals surface area contributed by atoms with E-state index in [1.165, 1.54) is 6.26 Å². The highest BCUT2D eigenvalue weighted by Gasteiger charge is 2.52. The number of rotatable bonds is 4. The second kappa shape index (κ2) is 12.7. The molecule has 9 heteroatoms. The predicted molar refractivity (Wildman–Crippen MR) is 151 cm³/mol. The van der Waals surface area contributed by atoms with Gasteiger partial charge in [0.15, 0.2) is 5.89 Å². The number of ether oxygens (including phenoxy) is 1. The Labute approximate surface area is 237 Å². The number of epoxide rings is 1. The molecule has 7 unspecified atom stereocenters. The lowest BCUT2D eigenvalue weighted by atomic mass is 9.71. The molecule has 3 rings (SSSR count). The summed E-state index contributed by atoms with van der Waals surface area (Å²) in [6, 6.07) is -0.562. The van der Waals surface area contributed by atoms with Crippen molar-refractivity contribution in [1.29, 1.82) is 0 Å². The molecular formula is C30H45ClN2O6. The third-order valence-corrected chi connectivity index (χ3v) is 8.74. The maximum Gasteiger partial charge on any atom is 0.223 e. The number of aryl methyl sites for hydroxylation is 1. The molecule has 3 N–H and O–H groups in total. The zero-order chi connectivity index (χ0) is 29.1. The van der Waals surface area contributed by atoms with Gasteiger partial charge < -0.3 is 24.7 Å². The molecule has 2 aliphatic heterocycles. The van der Waals surface area contributed by atoms with E-state index in [1.54, 1.807) is 26.8 Å². The Balaban J connectivity index is 1.90. The number of aromatic nitrogens is 1. The molecule has 7 atom stereocenters. The van der Waals surface area contributed by atoms with Gasteiger partial charge in [0.1, 0.15) is 17.7 Å². The molecule has 0 bridgehead atoms. The van der Waals surface area contributed by atoms with Gasteiger partial charge in [0, 0.05) is 24.3 Å². The van der Waals surface area contributed by atoms with Crippen molar-refractivity contribution in [2.45, 2.75) is 117 Å². The van der Waals surface area contributed by atoms with Crippen molar-refractivity contribution >= 4 is 29.4 Å². The van der Waals surface area contributed by atoms with Crippen LogP contribution in [-0.4, -0.2) is 56.8 Å². The molecule has 1 amide bonds. The molecule has 3 heterocycles. The number of carbonyl (C=O) groups is 2. The summed E-state index contributed by atoms with van der Waals surface area (Å²) in [6.45, 7) is 12.9. The van der Waals surface area contributed by atoms with Gasteiger partial charge in [-0.2, -0.15) is 0 Å². The Morgan fingerprint density at radius 2 is 1.95 bits per heavy atom. The lowest BCUT2D eigenvalue weighted by molar-refractivity contribution is -0.143. The smallest absolute Gasteiger partial charge is 0.223 e. The molecule has 218 valence electrons. The molecule has 0 aliphatic carbocycles. The van der Waals surface area contributed by atoms with Gasteiger partial charge >= 0.3 is 0 Å². The molecule has 8 nitrogen and oxygen atoms in total. The Bertz CT molecular complexity index is 1090. The van der Waals surface area contributed by atoms with Crippen molar-refractivity contribution in [2.24, 2.45) is 17.3 Å². The molecule has 0 radical (unpaired) electrons. The third kappa shape index (κ3) is 8.03. The topological polar surface area (TPSA) is 125 Å². The van der Waals surface area contributed by atoms with Crippen LogP contribution in [0.5, 0.6) is 0 Å². The number of hydrogen-bond donors (Lipinski definition) is 3. The highest BCUT2D eigenvalue weighted by molar-refractivity contribution is 6.32. The van der Waals surface area contributed by atoms with E-state index < -0.39 is 35.5 Å². The summed E-state index contributed by atoms with van der Waals surface area (Å²) in [5, 5.41) is 25.7. The molecule has 1 aromatic heterocycles. The van der Waals surface area contributed by atoms with E-state index in [0.717, 1.165) is 24.8 Å². The number of nitrogens with one attached hydrogen (secondary N) is 1. The third-order valence-electron chi connectivity index (χ3n) is 8.37. The van der Waals surface area contributed by atoms with Gasteiger partial charge in [-0.3, -0.25) is 9.59 Å². The average molecular weight is 565 g/mol. The lowest BCUT2D eigenvalue weighted by Crippen LogP contribution is -2.48. The Morgan fingerprint density at radius 1 is 1.26 bits per heavy atom. The normalized spacial score (nSPS) is 34.7. The first-order valence-electron chi connectivity index (χ1n) is 13.9. The van der Waals surface area contributed by atoms with Gasteiger partial charge in [-0.25, -0.2) is 4.98 Å². The molecular weight excluding hydrogens is 520 g/mol. The van der Waals surface area contributed by atoms with Gasteiger partial charge in [0.25, 0.3) is 0 Å². The minimum absolute atomic E-state index is 0.106. The van der Waals surface area contributed by atoms with Crippen LogP contribution in [0, 0.1) is 24.2 Å². The van der Waals surface area contributed by atoms with E-state index in [4.69, 9.17) is 20.8 Å². The van der Waals surface area contributed by atoms with Crippen LogP contribution in [0.3, 0.4) is 0 Å². The van der Waals surface area contributed by atoms with Gasteiger partial charge in [0.05, 0.1) is 41.8 Å². The molecule has 1 aromatic rings. The Morgan fingerprint density at radius 3 is 2.56 bits per heavy atom. The number of Topliss-reactive ketones (excluding diaryl/α,β-unsaturated/α-hetero) is 1. The van der Waals surface area contributed by atoms with E-state index in [9.17, 15) is 19.8 Å². The van der Waals surface area contributed by atoms with Gasteiger partial charge in [-0.05, 0) is 52.0 Å². The molecule has 2 saturated heterocycles. The summed E-state index contributed by atoms with van der Waals surface area (Å²) in [4.78, 5) is 31.2. The predicted octanol–water partition coefficient (Wildman–Crippen LogP) is 5.09. The number of nitrogens with zero attached hydrogens (tertiary/aromatic N) is 1. The van der Waals surface area contributed by atoms with Crippen LogP contribution in [-0.2, 0) is 14.3 Å². The fourth-order valence-corrected chi connectivity index (χ4v) is 5.64. The first kappa shape index (κ1) is 31.5. The van der Waals surface area contributed by atoms with Crippen LogP contribution in [0.1, 0.15) is 91.7 Å². The summed E-state index contributed by atoms with van der Waals surface area (Å²) in [7, 11) is 0. The van der Waals surface area contributed by atoms with Crippen LogP contribution < -0.4 is 5.32 Å². The number of halogens is 1. The summed E-state index contributed by atoms with van der Waals surface area (Å²) < 4.78 is 11.3. The lowest BCUT2D eigenvalue weighted by Gasteiger charge is -2.36. The van der Waals surface area contributed by atoms with Crippen molar-refractivity contribution < 1.29 is 29.0 Å². The minimum Gasteiger partial charge on any atom is -0.449 e. The van der Waals surface area contributed by atoms with E-state index in [1.807, 2.05) is 33.8 Å². The number of ketones is 1. The maximum atomic E-state index is 13.8. The maximum absolute atomic E-state index is 13.8. The molecule has 0 saturated carbocycles. The second-order valence-corrected chi connectivity index (χ2v) is 12.8. The first-order chi connectivity index (χ1) is 18.1. The number of aliphatic hydroxyl groups excluding tert-OH is 2. The van der Waals surface area contributed by atoms with Crippen molar-refractivity contribution in [3.05, 3.63) is 34.5 Å². The van der Waals surface area contributed by atoms with Gasteiger partial charge in [0.2, 0.25) is 5.91 Å². The number of aliphatic hydroxyl groups is 2. The number of oxazole rings is 1. The van der Waals surface area contributed by atoms with E-state index in [2.05, 4.69) is 10.3 Å². The van der Waals surface area contributed by atoms with Crippen molar-refractivity contribution in [3.63, 3.8) is 0 Å². The molecule has 0 spiro atoms. The summed E-state index contributed by atoms with van der Waals surface area (Å²) in [5.74, 6) is -0.985. The molecule has 0 aromatic carbocycles. The van der Waals surface area contributed by atoms with E-state index >= 15 is 0 Å². The molecule has 2 aliphatic rings. The zero-order valence-electron chi connectivity index (χ0n) is 24.3. The summed E-state index contributed by atoms with van der Waals surface area (Å²) in [6.07, 6.45) is 5.77.